The van der Waals surface area contributed by atoms with Crippen LogP contribution < -0.4 is 5.84 Å². The summed E-state index contributed by atoms with van der Waals surface area (Å²) in [5, 5.41) is 1.88. The van der Waals surface area contributed by atoms with Crippen LogP contribution in [0.1, 0.15) is 25.7 Å². The van der Waals surface area contributed by atoms with Crippen molar-refractivity contribution in [2.75, 3.05) is 21.1 Å². The van der Waals surface area contributed by atoms with E-state index in [2.05, 4.69) is 19.0 Å². The minimum Gasteiger partial charge on any atom is -0.305 e. The van der Waals surface area contributed by atoms with E-state index < -0.39 is 0 Å². The first-order chi connectivity index (χ1) is 5.63. The van der Waals surface area contributed by atoms with Crippen LogP contribution in [0.3, 0.4) is 0 Å². The molecule has 0 saturated heterocycles. The van der Waals surface area contributed by atoms with Crippen LogP contribution in [0.25, 0.3) is 0 Å². The third-order valence-electron chi connectivity index (χ3n) is 2.88. The highest BCUT2D eigenvalue weighted by Gasteiger charge is 2.28. The Hall–Kier alpha value is -0.120. The summed E-state index contributed by atoms with van der Waals surface area (Å²) in [5.74, 6) is 5.80. The molecule has 1 aliphatic carbocycles. The Bertz CT molecular complexity index is 118. The molecule has 0 aromatic heterocycles. The largest absolute Gasteiger partial charge is 0.305 e. The van der Waals surface area contributed by atoms with Crippen molar-refractivity contribution >= 4 is 0 Å². The van der Waals surface area contributed by atoms with Crippen LogP contribution in [0.4, 0.5) is 0 Å². The predicted octanol–water partition coefficient (Wildman–Crippen LogP) is 0.665. The monoisotopic (exact) mass is 171 g/mol. The zero-order valence-electron chi connectivity index (χ0n) is 8.45. The van der Waals surface area contributed by atoms with Crippen LogP contribution in [0.2, 0.25) is 0 Å². The summed E-state index contributed by atoms with van der Waals surface area (Å²) in [6, 6.07) is 1.20. The fourth-order valence-electron chi connectivity index (χ4n) is 2.17. The summed E-state index contributed by atoms with van der Waals surface area (Å²) < 4.78 is 0. The third kappa shape index (κ3) is 2.19. The smallest absolute Gasteiger partial charge is 0.0393 e. The Morgan fingerprint density at radius 3 is 1.83 bits per heavy atom. The minimum atomic E-state index is 0.550. The highest BCUT2D eigenvalue weighted by atomic mass is 15.4. The normalized spacial score (nSPS) is 31.5. The maximum Gasteiger partial charge on any atom is 0.0393 e. The zero-order chi connectivity index (χ0) is 9.14. The molecule has 3 heteroatoms. The number of hydrazine groups is 1. The van der Waals surface area contributed by atoms with Crippen molar-refractivity contribution < 1.29 is 0 Å². The van der Waals surface area contributed by atoms with Gasteiger partial charge >= 0.3 is 0 Å². The number of hydrogen-bond donors (Lipinski definition) is 1. The summed E-state index contributed by atoms with van der Waals surface area (Å²) in [6.07, 6.45) is 5.22. The number of rotatable bonds is 2. The molecule has 2 unspecified atom stereocenters. The zero-order valence-corrected chi connectivity index (χ0v) is 8.45. The van der Waals surface area contributed by atoms with E-state index in [1.807, 2.05) is 12.1 Å². The van der Waals surface area contributed by atoms with E-state index in [0.717, 1.165) is 0 Å². The van der Waals surface area contributed by atoms with Crippen LogP contribution >= 0.6 is 0 Å². The number of hydrogen-bond acceptors (Lipinski definition) is 3. The molecule has 0 aromatic rings. The summed E-state index contributed by atoms with van der Waals surface area (Å²) in [7, 11) is 6.27. The highest BCUT2D eigenvalue weighted by molar-refractivity contribution is 4.85. The van der Waals surface area contributed by atoms with E-state index in [9.17, 15) is 0 Å². The molecule has 0 spiro atoms. The van der Waals surface area contributed by atoms with Crippen LogP contribution in [-0.4, -0.2) is 43.1 Å². The van der Waals surface area contributed by atoms with E-state index in [1.54, 1.807) is 0 Å². The molecule has 0 aliphatic heterocycles. The van der Waals surface area contributed by atoms with Crippen molar-refractivity contribution in [1.82, 2.24) is 9.91 Å². The SMILES string of the molecule is CN(C)C1CCCCC1N(C)N. The molecule has 1 saturated carbocycles. The molecule has 1 aliphatic rings. The van der Waals surface area contributed by atoms with E-state index in [-0.39, 0.29) is 0 Å². The first-order valence-corrected chi connectivity index (χ1v) is 4.77. The first-order valence-electron chi connectivity index (χ1n) is 4.77. The molecule has 0 heterocycles. The Labute approximate surface area is 75.5 Å². The summed E-state index contributed by atoms with van der Waals surface area (Å²) in [6.45, 7) is 0. The Kier molecular flexibility index (Phi) is 3.50. The Morgan fingerprint density at radius 1 is 1.00 bits per heavy atom. The lowest BCUT2D eigenvalue weighted by Crippen LogP contribution is -2.52. The van der Waals surface area contributed by atoms with Gasteiger partial charge in [0.2, 0.25) is 0 Å². The number of nitrogens with two attached hydrogens (primary N) is 1. The quantitative estimate of drug-likeness (QED) is 0.489. The molecule has 1 fully saturated rings. The van der Waals surface area contributed by atoms with Gasteiger partial charge < -0.3 is 4.90 Å². The second kappa shape index (κ2) is 4.21. The van der Waals surface area contributed by atoms with Crippen molar-refractivity contribution in [2.24, 2.45) is 5.84 Å². The van der Waals surface area contributed by atoms with Gasteiger partial charge in [-0.2, -0.15) is 0 Å². The Morgan fingerprint density at radius 2 is 1.50 bits per heavy atom. The van der Waals surface area contributed by atoms with Crippen molar-refractivity contribution in [3.63, 3.8) is 0 Å². The van der Waals surface area contributed by atoms with Gasteiger partial charge in [-0.05, 0) is 26.9 Å². The van der Waals surface area contributed by atoms with Crippen LogP contribution in [0.15, 0.2) is 0 Å². The molecule has 0 aromatic carbocycles. The lowest BCUT2D eigenvalue weighted by molar-refractivity contribution is 0.0929. The van der Waals surface area contributed by atoms with Crippen molar-refractivity contribution in [3.05, 3.63) is 0 Å². The number of nitrogens with zero attached hydrogens (tertiary/aromatic N) is 2. The molecule has 2 N–H and O–H groups in total. The molecule has 2 atom stereocenters. The standard InChI is InChI=1S/C9H21N3/c1-11(2)8-6-4-5-7-9(8)12(3)10/h8-9H,4-7,10H2,1-3H3. The van der Waals surface area contributed by atoms with E-state index >= 15 is 0 Å². The van der Waals surface area contributed by atoms with Crippen molar-refractivity contribution in [3.8, 4) is 0 Å². The molecule has 3 nitrogen and oxygen atoms in total. The lowest BCUT2D eigenvalue weighted by Gasteiger charge is -2.39. The molecule has 0 bridgehead atoms. The van der Waals surface area contributed by atoms with E-state index in [1.165, 1.54) is 25.7 Å². The van der Waals surface area contributed by atoms with Crippen LogP contribution in [0, 0.1) is 0 Å². The molecule has 12 heavy (non-hydrogen) atoms. The van der Waals surface area contributed by atoms with Gasteiger partial charge in [-0.15, -0.1) is 0 Å². The second-order valence-corrected chi connectivity index (χ2v) is 4.05. The van der Waals surface area contributed by atoms with Gasteiger partial charge in [0.15, 0.2) is 0 Å². The molecule has 0 radical (unpaired) electrons. The molecule has 1 rings (SSSR count). The maximum atomic E-state index is 5.80. The summed E-state index contributed by atoms with van der Waals surface area (Å²) in [5.41, 5.74) is 0. The summed E-state index contributed by atoms with van der Waals surface area (Å²) in [4.78, 5) is 2.30. The van der Waals surface area contributed by atoms with Gasteiger partial charge in [0.1, 0.15) is 0 Å². The van der Waals surface area contributed by atoms with Crippen molar-refractivity contribution in [1.29, 1.82) is 0 Å². The molecular weight excluding hydrogens is 150 g/mol. The van der Waals surface area contributed by atoms with Gasteiger partial charge in [0, 0.05) is 19.1 Å². The third-order valence-corrected chi connectivity index (χ3v) is 2.88. The Balaban J connectivity index is 2.54. The molecular formula is C9H21N3. The summed E-state index contributed by atoms with van der Waals surface area (Å²) >= 11 is 0. The second-order valence-electron chi connectivity index (χ2n) is 4.05. The van der Waals surface area contributed by atoms with Gasteiger partial charge in [-0.25, -0.2) is 5.01 Å². The lowest BCUT2D eigenvalue weighted by atomic mass is 9.89. The number of likely N-dealkylation sites (N-methyl/N-ethyl adjacent to an activating group) is 2. The maximum absolute atomic E-state index is 5.80. The minimum absolute atomic E-state index is 0.550. The van der Waals surface area contributed by atoms with Crippen molar-refractivity contribution in [2.45, 2.75) is 37.8 Å². The van der Waals surface area contributed by atoms with Gasteiger partial charge in [-0.3, -0.25) is 5.84 Å². The van der Waals surface area contributed by atoms with Gasteiger partial charge in [-0.1, -0.05) is 12.8 Å². The van der Waals surface area contributed by atoms with E-state index in [4.69, 9.17) is 5.84 Å². The van der Waals surface area contributed by atoms with Gasteiger partial charge in [0.05, 0.1) is 0 Å². The fourth-order valence-corrected chi connectivity index (χ4v) is 2.17. The van der Waals surface area contributed by atoms with Crippen LogP contribution in [-0.2, 0) is 0 Å². The topological polar surface area (TPSA) is 32.5 Å². The van der Waals surface area contributed by atoms with Gasteiger partial charge in [0.25, 0.3) is 0 Å². The van der Waals surface area contributed by atoms with E-state index in [0.29, 0.717) is 12.1 Å². The highest BCUT2D eigenvalue weighted by Crippen LogP contribution is 2.23. The molecule has 0 amide bonds. The first kappa shape index (κ1) is 9.96. The average molecular weight is 171 g/mol. The van der Waals surface area contributed by atoms with Crippen LogP contribution in [0.5, 0.6) is 0 Å². The molecule has 72 valence electrons. The average Bonchev–Trinajstić information content (AvgIpc) is 2.04. The predicted molar refractivity (Wildman–Crippen MR) is 51.7 cm³/mol. The fraction of sp³-hybridized carbons (Fsp3) is 1.00.